The van der Waals surface area contributed by atoms with Crippen LogP contribution in [0.4, 0.5) is 0 Å². The number of rotatable bonds is 2. The molecule has 0 saturated heterocycles. The number of amides is 1. The van der Waals surface area contributed by atoms with Gasteiger partial charge < -0.3 is 9.88 Å². The molecule has 1 aliphatic rings. The Bertz CT molecular complexity index is 1150. The van der Waals surface area contributed by atoms with Crippen LogP contribution in [0.15, 0.2) is 48.9 Å². The van der Waals surface area contributed by atoms with Crippen LogP contribution in [-0.4, -0.2) is 42.5 Å². The van der Waals surface area contributed by atoms with Gasteiger partial charge in [-0.25, -0.2) is 4.98 Å². The molecule has 1 atom stereocenters. The minimum absolute atomic E-state index is 0.192. The monoisotopic (exact) mass is 378 g/mol. The molecule has 8 heteroatoms. The van der Waals surface area contributed by atoms with E-state index in [0.717, 1.165) is 28.0 Å². The van der Waals surface area contributed by atoms with E-state index in [2.05, 4.69) is 20.2 Å². The second-order valence-corrected chi connectivity index (χ2v) is 6.82. The summed E-state index contributed by atoms with van der Waals surface area (Å²) in [4.78, 5) is 27.4. The van der Waals surface area contributed by atoms with Gasteiger partial charge in [0.1, 0.15) is 11.2 Å². The zero-order valence-corrected chi connectivity index (χ0v) is 14.9. The van der Waals surface area contributed by atoms with Gasteiger partial charge >= 0.3 is 0 Å². The third kappa shape index (κ3) is 2.59. The van der Waals surface area contributed by atoms with Crippen LogP contribution in [0.3, 0.4) is 0 Å². The lowest BCUT2D eigenvalue weighted by Gasteiger charge is -2.34. The summed E-state index contributed by atoms with van der Waals surface area (Å²) < 4.78 is 0. The second-order valence-electron chi connectivity index (χ2n) is 6.44. The zero-order chi connectivity index (χ0) is 18.4. The van der Waals surface area contributed by atoms with Gasteiger partial charge in [0.05, 0.1) is 35.0 Å². The van der Waals surface area contributed by atoms with E-state index in [4.69, 9.17) is 16.6 Å². The quantitative estimate of drug-likeness (QED) is 0.560. The van der Waals surface area contributed by atoms with Crippen molar-refractivity contribution in [2.75, 3.05) is 6.54 Å². The average Bonchev–Trinajstić information content (AvgIpc) is 3.35. The number of hydrogen-bond acceptors (Lipinski definition) is 4. The number of imidazole rings is 1. The van der Waals surface area contributed by atoms with E-state index < -0.39 is 0 Å². The molecule has 0 spiro atoms. The molecular weight excluding hydrogens is 364 g/mol. The first-order valence-corrected chi connectivity index (χ1v) is 8.98. The highest BCUT2D eigenvalue weighted by Gasteiger charge is 2.36. The van der Waals surface area contributed by atoms with Crippen LogP contribution in [-0.2, 0) is 6.42 Å². The van der Waals surface area contributed by atoms with Crippen LogP contribution in [0.2, 0.25) is 5.15 Å². The fourth-order valence-corrected chi connectivity index (χ4v) is 3.78. The lowest BCUT2D eigenvalue weighted by molar-refractivity contribution is 0.0687. The highest BCUT2D eigenvalue weighted by atomic mass is 35.5. The number of benzene rings is 1. The summed E-state index contributed by atoms with van der Waals surface area (Å²) in [6, 6.07) is 11.5. The van der Waals surface area contributed by atoms with E-state index in [1.807, 2.05) is 36.4 Å². The fourth-order valence-electron chi connectivity index (χ4n) is 3.60. The van der Waals surface area contributed by atoms with Gasteiger partial charge in [0.2, 0.25) is 0 Å². The van der Waals surface area contributed by atoms with Crippen LogP contribution in [0.5, 0.6) is 0 Å². The van der Waals surface area contributed by atoms with E-state index in [9.17, 15) is 4.79 Å². The van der Waals surface area contributed by atoms with Crippen molar-refractivity contribution in [2.24, 2.45) is 0 Å². The number of H-pyrrole nitrogens is 2. The first-order valence-electron chi connectivity index (χ1n) is 8.60. The van der Waals surface area contributed by atoms with Crippen LogP contribution in [0, 0.1) is 0 Å². The molecule has 7 nitrogen and oxygen atoms in total. The van der Waals surface area contributed by atoms with Gasteiger partial charge in [-0.05, 0) is 12.1 Å². The van der Waals surface area contributed by atoms with Crippen molar-refractivity contribution in [3.63, 3.8) is 0 Å². The predicted molar refractivity (Wildman–Crippen MR) is 101 cm³/mol. The molecule has 5 rings (SSSR count). The lowest BCUT2D eigenvalue weighted by atomic mass is 9.98. The second kappa shape index (κ2) is 6.21. The summed E-state index contributed by atoms with van der Waals surface area (Å²) in [6.07, 6.45) is 3.81. The van der Waals surface area contributed by atoms with Gasteiger partial charge in [-0.15, -0.1) is 0 Å². The highest BCUT2D eigenvalue weighted by Crippen LogP contribution is 2.34. The standard InChI is InChI=1S/C19H15ClN6O/c20-18-12(9-23-25-18)19(27)26-8-7-14-16(22-10-21-14)17(26)15-6-5-11-3-1-2-4-13(11)24-15/h1-6,9-10,17H,7-8H2,(H,21,22)(H,23,25)/t17-/m1/s1. The summed E-state index contributed by atoms with van der Waals surface area (Å²) in [5.41, 5.74) is 3.84. The van der Waals surface area contributed by atoms with Gasteiger partial charge in [-0.2, -0.15) is 5.10 Å². The molecule has 2 N–H and O–H groups in total. The highest BCUT2D eigenvalue weighted by molar-refractivity contribution is 6.32. The maximum absolute atomic E-state index is 13.2. The van der Waals surface area contributed by atoms with Crippen molar-refractivity contribution in [2.45, 2.75) is 12.5 Å². The number of nitrogens with zero attached hydrogens (tertiary/aromatic N) is 4. The number of carbonyl (C=O) groups is 1. The molecule has 0 radical (unpaired) electrons. The molecule has 3 aromatic heterocycles. The lowest BCUT2D eigenvalue weighted by Crippen LogP contribution is -2.41. The molecule has 0 aliphatic carbocycles. The molecule has 0 fully saturated rings. The smallest absolute Gasteiger partial charge is 0.259 e. The third-order valence-corrected chi connectivity index (χ3v) is 5.20. The number of aromatic nitrogens is 5. The van der Waals surface area contributed by atoms with Gasteiger partial charge in [-0.3, -0.25) is 14.9 Å². The molecule has 27 heavy (non-hydrogen) atoms. The number of hydrogen-bond donors (Lipinski definition) is 2. The summed E-state index contributed by atoms with van der Waals surface area (Å²) in [5.74, 6) is -0.192. The Kier molecular flexibility index (Phi) is 3.68. The Hall–Kier alpha value is -3.19. The van der Waals surface area contributed by atoms with Crippen LogP contribution >= 0.6 is 11.6 Å². The van der Waals surface area contributed by atoms with Crippen molar-refractivity contribution >= 4 is 28.4 Å². The summed E-state index contributed by atoms with van der Waals surface area (Å²) in [5, 5.41) is 7.77. The number of para-hydroxylation sites is 1. The first-order chi connectivity index (χ1) is 13.2. The van der Waals surface area contributed by atoms with E-state index in [1.54, 1.807) is 11.2 Å². The van der Waals surface area contributed by atoms with Gasteiger partial charge in [-0.1, -0.05) is 35.9 Å². The number of fused-ring (bicyclic) bond motifs is 2. The van der Waals surface area contributed by atoms with Crippen molar-refractivity contribution in [1.82, 2.24) is 30.0 Å². The Morgan fingerprint density at radius 3 is 2.96 bits per heavy atom. The minimum atomic E-state index is -0.386. The van der Waals surface area contributed by atoms with Crippen molar-refractivity contribution in [3.05, 3.63) is 76.7 Å². The Morgan fingerprint density at radius 2 is 2.11 bits per heavy atom. The zero-order valence-electron chi connectivity index (χ0n) is 14.2. The largest absolute Gasteiger partial charge is 0.348 e. The van der Waals surface area contributed by atoms with Crippen molar-refractivity contribution in [1.29, 1.82) is 0 Å². The normalized spacial score (nSPS) is 16.5. The Balaban J connectivity index is 1.64. The first kappa shape index (κ1) is 16.0. The van der Waals surface area contributed by atoms with Gasteiger partial charge in [0, 0.05) is 24.0 Å². The molecule has 4 aromatic rings. The summed E-state index contributed by atoms with van der Waals surface area (Å²) in [6.45, 7) is 0.536. The maximum atomic E-state index is 13.2. The van der Waals surface area contributed by atoms with Crippen LogP contribution in [0.1, 0.15) is 33.5 Å². The molecule has 0 bridgehead atoms. The van der Waals surface area contributed by atoms with E-state index in [0.29, 0.717) is 18.5 Å². The SMILES string of the molecule is O=C(c1cn[nH]c1Cl)N1CCc2[nH]cnc2[C@H]1c1ccc2ccccc2n1. The fraction of sp³-hybridized carbons (Fsp3) is 0.158. The average molecular weight is 379 g/mol. The van der Waals surface area contributed by atoms with Crippen LogP contribution < -0.4 is 0 Å². The Morgan fingerprint density at radius 1 is 1.22 bits per heavy atom. The molecule has 1 aromatic carbocycles. The van der Waals surface area contributed by atoms with E-state index >= 15 is 0 Å². The number of halogens is 1. The molecule has 4 heterocycles. The van der Waals surface area contributed by atoms with Gasteiger partial charge in [0.15, 0.2) is 0 Å². The maximum Gasteiger partial charge on any atom is 0.259 e. The Labute approximate surface area is 159 Å². The summed E-state index contributed by atoms with van der Waals surface area (Å²) >= 11 is 6.10. The number of aromatic amines is 2. The molecule has 1 aliphatic heterocycles. The molecule has 0 saturated carbocycles. The van der Waals surface area contributed by atoms with Crippen LogP contribution in [0.25, 0.3) is 10.9 Å². The molecule has 134 valence electrons. The number of nitrogens with one attached hydrogen (secondary N) is 2. The topological polar surface area (TPSA) is 90.6 Å². The number of pyridine rings is 1. The molecule has 1 amide bonds. The van der Waals surface area contributed by atoms with Crippen molar-refractivity contribution in [3.8, 4) is 0 Å². The molecule has 0 unspecified atom stereocenters. The predicted octanol–water partition coefficient (Wildman–Crippen LogP) is 3.12. The van der Waals surface area contributed by atoms with Gasteiger partial charge in [0.25, 0.3) is 5.91 Å². The van der Waals surface area contributed by atoms with E-state index in [1.165, 1.54) is 6.20 Å². The van der Waals surface area contributed by atoms with E-state index in [-0.39, 0.29) is 17.1 Å². The number of carbonyl (C=O) groups excluding carboxylic acids is 1. The molecular formula is C19H15ClN6O. The summed E-state index contributed by atoms with van der Waals surface area (Å²) in [7, 11) is 0. The minimum Gasteiger partial charge on any atom is -0.348 e. The van der Waals surface area contributed by atoms with Crippen molar-refractivity contribution < 1.29 is 4.79 Å². The third-order valence-electron chi connectivity index (χ3n) is 4.91.